The van der Waals surface area contributed by atoms with E-state index in [4.69, 9.17) is 9.47 Å². The van der Waals surface area contributed by atoms with Crippen LogP contribution in [0, 0.1) is 5.92 Å². The van der Waals surface area contributed by atoms with Gasteiger partial charge in [0.15, 0.2) is 0 Å². The minimum absolute atomic E-state index is 0.308. The van der Waals surface area contributed by atoms with E-state index in [1.54, 1.807) is 0 Å². The highest BCUT2D eigenvalue weighted by Gasteiger charge is 2.44. The molecule has 0 amide bonds. The first kappa shape index (κ1) is 15.5. The zero-order chi connectivity index (χ0) is 15.6. The highest BCUT2D eigenvalue weighted by molar-refractivity contribution is 5.91. The van der Waals surface area contributed by atoms with Crippen molar-refractivity contribution in [1.29, 1.82) is 0 Å². The van der Waals surface area contributed by atoms with Crippen molar-refractivity contribution in [2.45, 2.75) is 52.2 Å². The van der Waals surface area contributed by atoms with Gasteiger partial charge in [0.1, 0.15) is 12.2 Å². The number of ether oxygens (including phenoxy) is 2. The molecule has 1 fully saturated rings. The molecule has 0 aromatic heterocycles. The zero-order valence-corrected chi connectivity index (χ0v) is 12.8. The Hall–Kier alpha value is -1.84. The van der Waals surface area contributed by atoms with Crippen molar-refractivity contribution >= 4 is 11.9 Å². The number of rotatable bonds is 1. The van der Waals surface area contributed by atoms with Gasteiger partial charge >= 0.3 is 11.9 Å². The molecule has 0 unspecified atom stereocenters. The van der Waals surface area contributed by atoms with Crippen LogP contribution in [0.1, 0.15) is 40.0 Å². The molecule has 3 atom stereocenters. The average molecular weight is 290 g/mol. The Bertz CT molecular complexity index is 527. The van der Waals surface area contributed by atoms with Gasteiger partial charge in [-0.2, -0.15) is 0 Å². The fraction of sp³-hybridized carbons (Fsp3) is 0.529. The van der Waals surface area contributed by atoms with Gasteiger partial charge in [-0.1, -0.05) is 23.8 Å². The van der Waals surface area contributed by atoms with Crippen molar-refractivity contribution in [3.63, 3.8) is 0 Å². The summed E-state index contributed by atoms with van der Waals surface area (Å²) in [5.74, 6) is -1.06. The van der Waals surface area contributed by atoms with E-state index in [9.17, 15) is 9.59 Å². The quantitative estimate of drug-likeness (QED) is 0.423. The fourth-order valence-electron chi connectivity index (χ4n) is 2.94. The molecule has 0 radical (unpaired) electrons. The van der Waals surface area contributed by atoms with Gasteiger partial charge < -0.3 is 9.47 Å². The van der Waals surface area contributed by atoms with E-state index in [0.717, 1.165) is 18.4 Å². The molecule has 1 heterocycles. The lowest BCUT2D eigenvalue weighted by Gasteiger charge is -2.26. The van der Waals surface area contributed by atoms with Crippen LogP contribution >= 0.6 is 0 Å². The molecular formula is C17H22O4. The minimum atomic E-state index is -0.489. The molecule has 0 aromatic carbocycles. The summed E-state index contributed by atoms with van der Waals surface area (Å²) in [5.41, 5.74) is 2.71. The van der Waals surface area contributed by atoms with Gasteiger partial charge in [0, 0.05) is 18.9 Å². The average Bonchev–Trinajstić information content (AvgIpc) is 2.62. The molecule has 0 saturated carbocycles. The molecule has 2 rings (SSSR count). The SMILES string of the molecule is C=C1C(=O)O[C@H]2C/C(C)=C\CC/C(C)=C\[C@@H](OC(C)=O)[C@H]12. The van der Waals surface area contributed by atoms with Crippen molar-refractivity contribution in [2.24, 2.45) is 5.92 Å². The summed E-state index contributed by atoms with van der Waals surface area (Å²) in [7, 11) is 0. The third kappa shape index (κ3) is 3.63. The number of fused-ring (bicyclic) bond motifs is 1. The van der Waals surface area contributed by atoms with Crippen LogP contribution < -0.4 is 0 Å². The molecule has 4 nitrogen and oxygen atoms in total. The molecule has 114 valence electrons. The van der Waals surface area contributed by atoms with Gasteiger partial charge in [0.25, 0.3) is 0 Å². The zero-order valence-electron chi connectivity index (χ0n) is 12.8. The van der Waals surface area contributed by atoms with Gasteiger partial charge in [-0.15, -0.1) is 0 Å². The molecule has 1 saturated heterocycles. The van der Waals surface area contributed by atoms with Crippen molar-refractivity contribution in [3.8, 4) is 0 Å². The Morgan fingerprint density at radius 2 is 2.10 bits per heavy atom. The molecule has 0 spiro atoms. The molecule has 4 heteroatoms. The number of allylic oxidation sites excluding steroid dienone is 2. The largest absolute Gasteiger partial charge is 0.458 e. The number of carbonyl (C=O) groups is 2. The van der Waals surface area contributed by atoms with Crippen LogP contribution in [-0.4, -0.2) is 24.1 Å². The van der Waals surface area contributed by atoms with Crippen molar-refractivity contribution in [1.82, 2.24) is 0 Å². The molecular weight excluding hydrogens is 268 g/mol. The number of hydrogen-bond acceptors (Lipinski definition) is 4. The molecule has 0 N–H and O–H groups in total. The molecule has 21 heavy (non-hydrogen) atoms. The maximum absolute atomic E-state index is 11.9. The Labute approximate surface area is 125 Å². The minimum Gasteiger partial charge on any atom is -0.458 e. The highest BCUT2D eigenvalue weighted by atomic mass is 16.6. The summed E-state index contributed by atoms with van der Waals surface area (Å²) >= 11 is 0. The van der Waals surface area contributed by atoms with Gasteiger partial charge in [-0.05, 0) is 32.8 Å². The molecule has 0 bridgehead atoms. The third-order valence-corrected chi connectivity index (χ3v) is 3.98. The number of esters is 2. The van der Waals surface area contributed by atoms with Gasteiger partial charge in [-0.25, -0.2) is 4.79 Å². The standard InChI is InChI=1S/C17H22O4/c1-10-6-5-7-11(2)9-15-16(12(3)17(19)21-15)14(8-10)20-13(4)18/h7-8,14-16H,3,5-6,9H2,1-2,4H3/b10-8-,11-7-/t14-,15+,16+/m1/s1. The molecule has 1 aliphatic heterocycles. The van der Waals surface area contributed by atoms with E-state index < -0.39 is 6.10 Å². The number of carbonyl (C=O) groups excluding carboxylic acids is 2. The van der Waals surface area contributed by atoms with Crippen molar-refractivity contribution in [3.05, 3.63) is 35.5 Å². The Morgan fingerprint density at radius 3 is 2.76 bits per heavy atom. The first-order valence-corrected chi connectivity index (χ1v) is 7.28. The number of hydrogen-bond donors (Lipinski definition) is 0. The third-order valence-electron chi connectivity index (χ3n) is 3.98. The van der Waals surface area contributed by atoms with E-state index >= 15 is 0 Å². The van der Waals surface area contributed by atoms with Gasteiger partial charge in [0.05, 0.1) is 5.92 Å². The smallest absolute Gasteiger partial charge is 0.334 e. The topological polar surface area (TPSA) is 52.6 Å². The summed E-state index contributed by atoms with van der Waals surface area (Å²) in [4.78, 5) is 23.2. The van der Waals surface area contributed by atoms with E-state index in [1.165, 1.54) is 12.5 Å². The monoisotopic (exact) mass is 290 g/mol. The second-order valence-corrected chi connectivity index (χ2v) is 5.88. The predicted octanol–water partition coefficient (Wildman–Crippen LogP) is 3.09. The van der Waals surface area contributed by atoms with E-state index in [2.05, 4.69) is 12.7 Å². The molecule has 0 aromatic rings. The van der Waals surface area contributed by atoms with E-state index in [-0.39, 0.29) is 24.0 Å². The Balaban J connectivity index is 2.39. The summed E-state index contributed by atoms with van der Waals surface area (Å²) in [6, 6.07) is 0. The Morgan fingerprint density at radius 1 is 1.38 bits per heavy atom. The van der Waals surface area contributed by atoms with Crippen molar-refractivity contribution < 1.29 is 19.1 Å². The lowest BCUT2D eigenvalue weighted by molar-refractivity contribution is -0.147. The maximum atomic E-state index is 11.9. The molecule has 1 aliphatic carbocycles. The first-order chi connectivity index (χ1) is 9.88. The van der Waals surface area contributed by atoms with Crippen LogP contribution in [0.15, 0.2) is 35.5 Å². The second-order valence-electron chi connectivity index (χ2n) is 5.88. The van der Waals surface area contributed by atoms with Crippen LogP contribution in [0.25, 0.3) is 0 Å². The Kier molecular flexibility index (Phi) is 4.66. The first-order valence-electron chi connectivity index (χ1n) is 7.28. The summed E-state index contributed by atoms with van der Waals surface area (Å²) in [6.45, 7) is 9.26. The summed E-state index contributed by atoms with van der Waals surface area (Å²) in [6.07, 6.45) is 5.81. The van der Waals surface area contributed by atoms with Gasteiger partial charge in [0.2, 0.25) is 0 Å². The molecule has 2 aliphatic rings. The van der Waals surface area contributed by atoms with Crippen LogP contribution in [-0.2, 0) is 19.1 Å². The fourth-order valence-corrected chi connectivity index (χ4v) is 2.94. The van der Waals surface area contributed by atoms with Crippen LogP contribution in [0.4, 0.5) is 0 Å². The lowest BCUT2D eigenvalue weighted by Crippen LogP contribution is -2.32. The van der Waals surface area contributed by atoms with Crippen LogP contribution in [0.3, 0.4) is 0 Å². The normalized spacial score (nSPS) is 34.9. The van der Waals surface area contributed by atoms with Crippen LogP contribution in [0.5, 0.6) is 0 Å². The second kappa shape index (κ2) is 6.29. The van der Waals surface area contributed by atoms with Crippen LogP contribution in [0.2, 0.25) is 0 Å². The maximum Gasteiger partial charge on any atom is 0.334 e. The van der Waals surface area contributed by atoms with E-state index in [1.807, 2.05) is 19.9 Å². The lowest BCUT2D eigenvalue weighted by atomic mass is 9.85. The van der Waals surface area contributed by atoms with Crippen molar-refractivity contribution in [2.75, 3.05) is 0 Å². The summed E-state index contributed by atoms with van der Waals surface area (Å²) < 4.78 is 10.9. The van der Waals surface area contributed by atoms with Gasteiger partial charge in [-0.3, -0.25) is 4.79 Å². The summed E-state index contributed by atoms with van der Waals surface area (Å²) in [5, 5.41) is 0. The van der Waals surface area contributed by atoms with E-state index in [0.29, 0.717) is 12.0 Å². The highest BCUT2D eigenvalue weighted by Crippen LogP contribution is 2.36. The predicted molar refractivity (Wildman–Crippen MR) is 79.4 cm³/mol.